The lowest BCUT2D eigenvalue weighted by Crippen LogP contribution is -2.36. The minimum absolute atomic E-state index is 0.399. The Bertz CT molecular complexity index is 1020. The number of amides is 2. The molecule has 0 aliphatic carbocycles. The van der Waals surface area contributed by atoms with Crippen molar-refractivity contribution in [1.29, 1.82) is 5.26 Å². The SMILES string of the molecule is N#Cc1cccc(C=CC(=O)NC(C(=O)Nc2ccn[nH]2)c2ccccc2)c1. The highest BCUT2D eigenvalue weighted by molar-refractivity contribution is 6.00. The second-order valence-corrected chi connectivity index (χ2v) is 5.88. The number of aromatic amines is 1. The van der Waals surface area contributed by atoms with E-state index in [-0.39, 0.29) is 0 Å². The minimum Gasteiger partial charge on any atom is -0.337 e. The van der Waals surface area contributed by atoms with Gasteiger partial charge in [-0.05, 0) is 29.3 Å². The van der Waals surface area contributed by atoms with Gasteiger partial charge in [0.1, 0.15) is 11.9 Å². The van der Waals surface area contributed by atoms with Crippen LogP contribution < -0.4 is 10.6 Å². The van der Waals surface area contributed by atoms with Crippen molar-refractivity contribution in [2.45, 2.75) is 6.04 Å². The summed E-state index contributed by atoms with van der Waals surface area (Å²) >= 11 is 0. The highest BCUT2D eigenvalue weighted by Crippen LogP contribution is 2.15. The van der Waals surface area contributed by atoms with Crippen molar-refractivity contribution in [2.75, 3.05) is 5.32 Å². The fraction of sp³-hybridized carbons (Fsp3) is 0.0476. The van der Waals surface area contributed by atoms with Gasteiger partial charge in [0.2, 0.25) is 5.91 Å². The number of hydrogen-bond acceptors (Lipinski definition) is 4. The van der Waals surface area contributed by atoms with Crippen LogP contribution >= 0.6 is 0 Å². The maximum Gasteiger partial charge on any atom is 0.252 e. The molecule has 0 spiro atoms. The first kappa shape index (κ1) is 18.6. The summed E-state index contributed by atoms with van der Waals surface area (Å²) in [7, 11) is 0. The van der Waals surface area contributed by atoms with E-state index in [9.17, 15) is 9.59 Å². The zero-order chi connectivity index (χ0) is 19.8. The standard InChI is InChI=1S/C21H17N5O2/c22-14-16-6-4-5-15(13-16)9-10-19(27)25-20(17-7-2-1-3-8-17)21(28)24-18-11-12-23-26-18/h1-13,20H,(H,25,27)(H2,23,24,26,28). The molecule has 2 amide bonds. The number of anilines is 1. The van der Waals surface area contributed by atoms with Crippen molar-refractivity contribution in [3.8, 4) is 6.07 Å². The van der Waals surface area contributed by atoms with Crippen LogP contribution in [0.25, 0.3) is 6.08 Å². The van der Waals surface area contributed by atoms with Crippen LogP contribution in [0.4, 0.5) is 5.82 Å². The molecule has 0 saturated heterocycles. The van der Waals surface area contributed by atoms with E-state index in [1.807, 2.05) is 12.1 Å². The largest absolute Gasteiger partial charge is 0.337 e. The number of hydrogen-bond donors (Lipinski definition) is 3. The fourth-order valence-corrected chi connectivity index (χ4v) is 2.55. The molecule has 1 unspecified atom stereocenters. The Hall–Kier alpha value is -4.18. The summed E-state index contributed by atoms with van der Waals surface area (Å²) in [5.41, 5.74) is 1.86. The van der Waals surface area contributed by atoms with Crippen LogP contribution in [-0.4, -0.2) is 22.0 Å². The Morgan fingerprint density at radius 3 is 2.64 bits per heavy atom. The van der Waals surface area contributed by atoms with Crippen LogP contribution in [0.1, 0.15) is 22.7 Å². The predicted octanol–water partition coefficient (Wildman–Crippen LogP) is 2.79. The first-order chi connectivity index (χ1) is 13.7. The van der Waals surface area contributed by atoms with Crippen LogP contribution in [-0.2, 0) is 9.59 Å². The first-order valence-electron chi connectivity index (χ1n) is 8.49. The number of H-pyrrole nitrogens is 1. The Kier molecular flexibility index (Phi) is 5.95. The molecular weight excluding hydrogens is 354 g/mol. The van der Waals surface area contributed by atoms with E-state index in [0.717, 1.165) is 0 Å². The molecule has 3 aromatic rings. The summed E-state index contributed by atoms with van der Waals surface area (Å²) in [5.74, 6) is -0.399. The van der Waals surface area contributed by atoms with Crippen molar-refractivity contribution in [3.63, 3.8) is 0 Å². The van der Waals surface area contributed by atoms with Gasteiger partial charge in [-0.2, -0.15) is 10.4 Å². The molecule has 138 valence electrons. The molecule has 7 heteroatoms. The van der Waals surface area contributed by atoms with Gasteiger partial charge in [0.05, 0.1) is 17.8 Å². The monoisotopic (exact) mass is 371 g/mol. The van der Waals surface area contributed by atoms with E-state index in [4.69, 9.17) is 5.26 Å². The number of aromatic nitrogens is 2. The molecule has 0 aliphatic rings. The normalized spacial score (nSPS) is 11.5. The Morgan fingerprint density at radius 1 is 1.11 bits per heavy atom. The van der Waals surface area contributed by atoms with Gasteiger partial charge >= 0.3 is 0 Å². The molecule has 28 heavy (non-hydrogen) atoms. The van der Waals surface area contributed by atoms with Gasteiger partial charge in [0.25, 0.3) is 5.91 Å². The fourth-order valence-electron chi connectivity index (χ4n) is 2.55. The first-order valence-corrected chi connectivity index (χ1v) is 8.49. The minimum atomic E-state index is -0.882. The van der Waals surface area contributed by atoms with Crippen LogP contribution in [0.15, 0.2) is 72.9 Å². The van der Waals surface area contributed by atoms with Gasteiger partial charge in [0.15, 0.2) is 0 Å². The maximum absolute atomic E-state index is 12.7. The molecule has 3 rings (SSSR count). The predicted molar refractivity (Wildman–Crippen MR) is 105 cm³/mol. The van der Waals surface area contributed by atoms with Gasteiger partial charge in [0, 0.05) is 12.1 Å². The summed E-state index contributed by atoms with van der Waals surface area (Å²) in [6.07, 6.45) is 4.44. The van der Waals surface area contributed by atoms with Crippen molar-refractivity contribution in [3.05, 3.63) is 89.6 Å². The quantitative estimate of drug-likeness (QED) is 0.579. The smallest absolute Gasteiger partial charge is 0.252 e. The molecule has 0 saturated carbocycles. The molecule has 7 nitrogen and oxygen atoms in total. The van der Waals surface area contributed by atoms with Gasteiger partial charge in [-0.3, -0.25) is 14.7 Å². The van der Waals surface area contributed by atoms with Crippen LogP contribution in [0.3, 0.4) is 0 Å². The number of rotatable bonds is 6. The third-order valence-electron chi connectivity index (χ3n) is 3.88. The topological polar surface area (TPSA) is 111 Å². The lowest BCUT2D eigenvalue weighted by molar-refractivity contribution is -0.124. The van der Waals surface area contributed by atoms with E-state index in [2.05, 4.69) is 20.8 Å². The van der Waals surface area contributed by atoms with E-state index >= 15 is 0 Å². The molecule has 2 aromatic carbocycles. The van der Waals surface area contributed by atoms with Crippen molar-refractivity contribution in [1.82, 2.24) is 15.5 Å². The van der Waals surface area contributed by atoms with Gasteiger partial charge in [-0.1, -0.05) is 42.5 Å². The lowest BCUT2D eigenvalue weighted by atomic mass is 10.1. The van der Waals surface area contributed by atoms with Crippen molar-refractivity contribution < 1.29 is 9.59 Å². The number of carbonyl (C=O) groups is 2. The van der Waals surface area contributed by atoms with E-state index in [1.54, 1.807) is 60.7 Å². The number of carbonyl (C=O) groups excluding carboxylic acids is 2. The zero-order valence-corrected chi connectivity index (χ0v) is 14.8. The molecule has 0 bridgehead atoms. The van der Waals surface area contributed by atoms with Gasteiger partial charge in [-0.15, -0.1) is 0 Å². The van der Waals surface area contributed by atoms with Crippen molar-refractivity contribution >= 4 is 23.7 Å². The Labute approximate surface area is 161 Å². The number of benzene rings is 2. The third-order valence-corrected chi connectivity index (χ3v) is 3.88. The molecule has 1 aromatic heterocycles. The molecule has 0 aliphatic heterocycles. The molecule has 0 fully saturated rings. The Balaban J connectivity index is 1.75. The van der Waals surface area contributed by atoms with Crippen molar-refractivity contribution in [2.24, 2.45) is 0 Å². The maximum atomic E-state index is 12.7. The summed E-state index contributed by atoms with van der Waals surface area (Å²) in [5, 5.41) is 20.8. The molecule has 1 atom stereocenters. The second-order valence-electron chi connectivity index (χ2n) is 5.88. The average molecular weight is 371 g/mol. The van der Waals surface area contributed by atoms with Crippen LogP contribution in [0.2, 0.25) is 0 Å². The molecule has 3 N–H and O–H groups in total. The molecule has 1 heterocycles. The zero-order valence-electron chi connectivity index (χ0n) is 14.8. The van der Waals surface area contributed by atoms with Crippen LogP contribution in [0.5, 0.6) is 0 Å². The van der Waals surface area contributed by atoms with E-state index in [0.29, 0.717) is 22.5 Å². The second kappa shape index (κ2) is 8.96. The lowest BCUT2D eigenvalue weighted by Gasteiger charge is -2.17. The number of nitrogens with zero attached hydrogens (tertiary/aromatic N) is 2. The van der Waals surface area contributed by atoms with E-state index < -0.39 is 17.9 Å². The average Bonchev–Trinajstić information content (AvgIpc) is 3.24. The van der Waals surface area contributed by atoms with Gasteiger partial charge in [-0.25, -0.2) is 0 Å². The summed E-state index contributed by atoms with van der Waals surface area (Å²) in [6, 6.07) is 18.6. The highest BCUT2D eigenvalue weighted by atomic mass is 16.2. The van der Waals surface area contributed by atoms with Gasteiger partial charge < -0.3 is 10.6 Å². The Morgan fingerprint density at radius 2 is 1.93 bits per heavy atom. The van der Waals surface area contributed by atoms with Crippen LogP contribution in [0, 0.1) is 11.3 Å². The third kappa shape index (κ3) is 4.93. The number of nitrogens with one attached hydrogen (secondary N) is 3. The molecule has 0 radical (unpaired) electrons. The summed E-state index contributed by atoms with van der Waals surface area (Å²) in [6.45, 7) is 0. The highest BCUT2D eigenvalue weighted by Gasteiger charge is 2.22. The molecular formula is C21H17N5O2. The number of nitriles is 1. The summed E-state index contributed by atoms with van der Waals surface area (Å²) < 4.78 is 0. The van der Waals surface area contributed by atoms with E-state index in [1.165, 1.54) is 12.3 Å². The summed E-state index contributed by atoms with van der Waals surface area (Å²) in [4.78, 5) is 25.1.